The number of hydrogen-bond acceptors (Lipinski definition) is 4. The van der Waals surface area contributed by atoms with Gasteiger partial charge < -0.3 is 4.74 Å². The van der Waals surface area contributed by atoms with Gasteiger partial charge in [-0.3, -0.25) is 4.98 Å². The number of rotatable bonds is 7. The zero-order valence-corrected chi connectivity index (χ0v) is 10.6. The Balaban J connectivity index is 2.51. The highest BCUT2D eigenvalue weighted by Gasteiger charge is 2.15. The summed E-state index contributed by atoms with van der Waals surface area (Å²) in [5.41, 5.74) is 0.283. The Morgan fingerprint density at radius 1 is 1.29 bits per heavy atom. The average molecular weight is 236 g/mol. The first-order valence-electron chi connectivity index (χ1n) is 6.24. The summed E-state index contributed by atoms with van der Waals surface area (Å²) in [5.74, 6) is -0.368. The lowest BCUT2D eigenvalue weighted by Crippen LogP contribution is -2.19. The number of hydrogen-bond donors (Lipinski definition) is 0. The van der Waals surface area contributed by atoms with Crippen LogP contribution in [0.5, 0.6) is 0 Å². The zero-order valence-electron chi connectivity index (χ0n) is 10.6. The third-order valence-corrected chi connectivity index (χ3v) is 2.54. The van der Waals surface area contributed by atoms with E-state index in [2.05, 4.69) is 23.8 Å². The van der Waals surface area contributed by atoms with E-state index in [9.17, 15) is 4.79 Å². The molecular formula is C13H20N2O2. The van der Waals surface area contributed by atoms with Crippen LogP contribution in [0.4, 0.5) is 0 Å². The molecule has 4 heteroatoms. The molecule has 0 aliphatic rings. The summed E-state index contributed by atoms with van der Waals surface area (Å²) in [6.45, 7) is 4.22. The summed E-state index contributed by atoms with van der Waals surface area (Å²) in [6.07, 6.45) is 9.53. The molecule has 0 aromatic carbocycles. The van der Waals surface area contributed by atoms with Crippen molar-refractivity contribution in [3.63, 3.8) is 0 Å². The van der Waals surface area contributed by atoms with Gasteiger partial charge in [-0.1, -0.05) is 33.1 Å². The number of unbranched alkanes of at least 4 members (excludes halogenated alkanes) is 1. The Labute approximate surface area is 102 Å². The van der Waals surface area contributed by atoms with Gasteiger partial charge in [0.05, 0.1) is 6.20 Å². The Bertz CT molecular complexity index is 327. The topological polar surface area (TPSA) is 52.1 Å². The van der Waals surface area contributed by atoms with Gasteiger partial charge in [0.25, 0.3) is 0 Å². The van der Waals surface area contributed by atoms with Crippen molar-refractivity contribution in [2.75, 3.05) is 0 Å². The normalized spacial score (nSPS) is 12.1. The van der Waals surface area contributed by atoms with Gasteiger partial charge in [-0.15, -0.1) is 0 Å². The Kier molecular flexibility index (Phi) is 6.22. The number of ether oxygens (including phenoxy) is 1. The van der Waals surface area contributed by atoms with Crippen LogP contribution >= 0.6 is 0 Å². The minimum Gasteiger partial charge on any atom is -0.458 e. The minimum atomic E-state index is -0.368. The Morgan fingerprint density at radius 3 is 2.71 bits per heavy atom. The van der Waals surface area contributed by atoms with E-state index < -0.39 is 0 Å². The molecule has 0 amide bonds. The third kappa shape index (κ3) is 4.93. The highest BCUT2D eigenvalue weighted by atomic mass is 16.5. The molecule has 0 aliphatic heterocycles. The van der Waals surface area contributed by atoms with Gasteiger partial charge in [-0.25, -0.2) is 9.78 Å². The van der Waals surface area contributed by atoms with Crippen LogP contribution < -0.4 is 0 Å². The fourth-order valence-corrected chi connectivity index (χ4v) is 1.63. The maximum atomic E-state index is 11.8. The van der Waals surface area contributed by atoms with E-state index in [4.69, 9.17) is 4.74 Å². The fraction of sp³-hybridized carbons (Fsp3) is 0.615. The molecule has 0 fully saturated rings. The summed E-state index contributed by atoms with van der Waals surface area (Å²) < 4.78 is 5.44. The third-order valence-electron chi connectivity index (χ3n) is 2.54. The van der Waals surface area contributed by atoms with Crippen LogP contribution in [0.15, 0.2) is 18.6 Å². The first-order chi connectivity index (χ1) is 8.27. The lowest BCUT2D eigenvalue weighted by molar-refractivity contribution is 0.0247. The van der Waals surface area contributed by atoms with Gasteiger partial charge in [0.2, 0.25) is 0 Å². The molecule has 0 saturated carbocycles. The molecule has 0 aliphatic carbocycles. The maximum absolute atomic E-state index is 11.8. The Hall–Kier alpha value is -1.45. The van der Waals surface area contributed by atoms with Crippen molar-refractivity contribution in [1.29, 1.82) is 0 Å². The molecule has 0 spiro atoms. The highest BCUT2D eigenvalue weighted by Crippen LogP contribution is 2.12. The van der Waals surface area contributed by atoms with E-state index in [1.807, 2.05) is 0 Å². The summed E-state index contributed by atoms with van der Waals surface area (Å²) in [7, 11) is 0. The Morgan fingerprint density at radius 2 is 2.12 bits per heavy atom. The lowest BCUT2D eigenvalue weighted by Gasteiger charge is -2.16. The molecule has 1 aromatic heterocycles. The second kappa shape index (κ2) is 7.76. The van der Waals surface area contributed by atoms with E-state index in [0.717, 1.165) is 32.1 Å². The van der Waals surface area contributed by atoms with Crippen molar-refractivity contribution in [2.24, 2.45) is 0 Å². The van der Waals surface area contributed by atoms with E-state index in [0.29, 0.717) is 0 Å². The molecule has 0 radical (unpaired) electrons. The number of esters is 1. The molecule has 1 aromatic rings. The second-order valence-electron chi connectivity index (χ2n) is 4.05. The van der Waals surface area contributed by atoms with Crippen molar-refractivity contribution >= 4 is 5.97 Å². The monoisotopic (exact) mass is 236 g/mol. The lowest BCUT2D eigenvalue weighted by atomic mass is 10.1. The van der Waals surface area contributed by atoms with Gasteiger partial charge in [0.15, 0.2) is 5.69 Å². The molecule has 0 saturated heterocycles. The van der Waals surface area contributed by atoms with E-state index in [1.165, 1.54) is 18.6 Å². The maximum Gasteiger partial charge on any atom is 0.358 e. The highest BCUT2D eigenvalue weighted by molar-refractivity contribution is 5.86. The zero-order chi connectivity index (χ0) is 12.5. The smallest absolute Gasteiger partial charge is 0.358 e. The molecule has 94 valence electrons. The molecule has 1 unspecified atom stereocenters. The van der Waals surface area contributed by atoms with Crippen molar-refractivity contribution in [3.8, 4) is 0 Å². The van der Waals surface area contributed by atoms with Crippen LogP contribution in [0.1, 0.15) is 56.4 Å². The molecular weight excluding hydrogens is 216 g/mol. The molecule has 0 bridgehead atoms. The van der Waals surface area contributed by atoms with E-state index in [1.54, 1.807) is 0 Å². The van der Waals surface area contributed by atoms with E-state index in [-0.39, 0.29) is 17.8 Å². The number of aromatic nitrogens is 2. The van der Waals surface area contributed by atoms with Crippen LogP contribution in [-0.4, -0.2) is 22.0 Å². The number of carbonyl (C=O) groups is 1. The van der Waals surface area contributed by atoms with Crippen molar-refractivity contribution in [2.45, 2.75) is 52.1 Å². The largest absolute Gasteiger partial charge is 0.458 e. The van der Waals surface area contributed by atoms with Crippen molar-refractivity contribution in [1.82, 2.24) is 9.97 Å². The van der Waals surface area contributed by atoms with Crippen LogP contribution in [0, 0.1) is 0 Å². The quantitative estimate of drug-likeness (QED) is 0.683. The van der Waals surface area contributed by atoms with Crippen LogP contribution in [-0.2, 0) is 4.74 Å². The summed E-state index contributed by atoms with van der Waals surface area (Å²) in [6, 6.07) is 0. The molecule has 1 heterocycles. The SMILES string of the molecule is CCCCC(CCC)OC(=O)c1cnccn1. The first-order valence-corrected chi connectivity index (χ1v) is 6.24. The average Bonchev–Trinajstić information content (AvgIpc) is 2.37. The predicted molar refractivity (Wildman–Crippen MR) is 65.7 cm³/mol. The summed E-state index contributed by atoms with van der Waals surface area (Å²) >= 11 is 0. The van der Waals surface area contributed by atoms with Gasteiger partial charge in [-0.2, -0.15) is 0 Å². The summed E-state index contributed by atoms with van der Waals surface area (Å²) in [4.78, 5) is 19.6. The molecule has 17 heavy (non-hydrogen) atoms. The van der Waals surface area contributed by atoms with Crippen molar-refractivity contribution in [3.05, 3.63) is 24.3 Å². The van der Waals surface area contributed by atoms with Gasteiger partial charge >= 0.3 is 5.97 Å². The first kappa shape index (κ1) is 13.6. The van der Waals surface area contributed by atoms with E-state index >= 15 is 0 Å². The van der Waals surface area contributed by atoms with Crippen LogP contribution in [0.25, 0.3) is 0 Å². The van der Waals surface area contributed by atoms with Crippen molar-refractivity contribution < 1.29 is 9.53 Å². The molecule has 4 nitrogen and oxygen atoms in total. The van der Waals surface area contributed by atoms with Gasteiger partial charge in [0.1, 0.15) is 6.10 Å². The fourth-order valence-electron chi connectivity index (χ4n) is 1.63. The number of carbonyl (C=O) groups excluding carboxylic acids is 1. The minimum absolute atomic E-state index is 0.00876. The summed E-state index contributed by atoms with van der Waals surface area (Å²) in [5, 5.41) is 0. The van der Waals surface area contributed by atoms with Crippen LogP contribution in [0.2, 0.25) is 0 Å². The van der Waals surface area contributed by atoms with Gasteiger partial charge in [0, 0.05) is 12.4 Å². The second-order valence-corrected chi connectivity index (χ2v) is 4.05. The van der Waals surface area contributed by atoms with Gasteiger partial charge in [-0.05, 0) is 12.8 Å². The number of nitrogens with zero attached hydrogens (tertiary/aromatic N) is 2. The molecule has 1 rings (SSSR count). The van der Waals surface area contributed by atoms with Crippen LogP contribution in [0.3, 0.4) is 0 Å². The standard InChI is InChI=1S/C13H20N2O2/c1-3-5-7-11(6-4-2)17-13(16)12-10-14-8-9-15-12/h8-11H,3-7H2,1-2H3. The molecule has 0 N–H and O–H groups in total. The molecule has 1 atom stereocenters. The predicted octanol–water partition coefficient (Wildman–Crippen LogP) is 2.99.